The molecule has 0 N–H and O–H groups in total. The Morgan fingerprint density at radius 1 is 1.44 bits per heavy atom. The summed E-state index contributed by atoms with van der Waals surface area (Å²) in [4.78, 5) is 9.81. The maximum atomic E-state index is 11.5. The average molecular weight is 280 g/mol. The predicted octanol–water partition coefficient (Wildman–Crippen LogP) is 2.04. The summed E-state index contributed by atoms with van der Waals surface area (Å²) in [5, 5.41) is 2.13. The summed E-state index contributed by atoms with van der Waals surface area (Å²) in [6.07, 6.45) is 1.65. The van der Waals surface area contributed by atoms with Crippen LogP contribution in [-0.2, 0) is 17.3 Å². The maximum absolute atomic E-state index is 11.5. The van der Waals surface area contributed by atoms with Crippen LogP contribution in [0.15, 0.2) is 34.3 Å². The van der Waals surface area contributed by atoms with E-state index in [9.17, 15) is 4.21 Å². The third kappa shape index (κ3) is 1.67. The van der Waals surface area contributed by atoms with Gasteiger partial charge in [-0.1, -0.05) is 18.2 Å². The Morgan fingerprint density at radius 2 is 2.22 bits per heavy atom. The molecule has 0 saturated heterocycles. The maximum Gasteiger partial charge on any atom is 0.162 e. The molecule has 6 heteroatoms. The van der Waals surface area contributed by atoms with Gasteiger partial charge in [0, 0.05) is 17.2 Å². The molecule has 2 aromatic rings. The monoisotopic (exact) mass is 280 g/mol. The molecule has 0 aliphatic carbocycles. The molecule has 0 bridgehead atoms. The molecule has 18 heavy (non-hydrogen) atoms. The minimum absolute atomic E-state index is 0.564. The van der Waals surface area contributed by atoms with Crippen molar-refractivity contribution in [3.63, 3.8) is 0 Å². The van der Waals surface area contributed by atoms with E-state index in [0.29, 0.717) is 10.9 Å². The van der Waals surface area contributed by atoms with Gasteiger partial charge in [0.2, 0.25) is 0 Å². The van der Waals surface area contributed by atoms with Crippen LogP contribution < -0.4 is 4.84 Å². The first-order valence-electron chi connectivity index (χ1n) is 5.45. The van der Waals surface area contributed by atoms with Crippen LogP contribution in [-0.4, -0.2) is 26.7 Å². The van der Waals surface area contributed by atoms with Gasteiger partial charge in [-0.15, -0.1) is 0 Å². The normalized spacial score (nSPS) is 16.2. The van der Waals surface area contributed by atoms with Crippen LogP contribution in [0.2, 0.25) is 0 Å². The number of hydrogen-bond donors (Lipinski definition) is 0. The van der Waals surface area contributed by atoms with Crippen LogP contribution in [0.25, 0.3) is 10.9 Å². The van der Waals surface area contributed by atoms with Gasteiger partial charge in [0.1, 0.15) is 12.1 Å². The number of nitrogens with zero attached hydrogens (tertiary/aromatic N) is 2. The lowest BCUT2D eigenvalue weighted by Crippen LogP contribution is -2.12. The molecule has 4 nitrogen and oxygen atoms in total. The molecule has 0 unspecified atom stereocenters. The predicted molar refractivity (Wildman–Crippen MR) is 75.5 cm³/mol. The van der Waals surface area contributed by atoms with Gasteiger partial charge >= 0.3 is 0 Å². The van der Waals surface area contributed by atoms with E-state index in [-0.39, 0.29) is 0 Å². The first-order chi connectivity index (χ1) is 8.72. The highest BCUT2D eigenvalue weighted by Crippen LogP contribution is 2.37. The standard InChI is InChI=1S/C12H12N2O2S2/c1-16-14-10-6-4-3-5-8(10)9-7-13-12(18(2)15)17-11(9)14/h3-6H,7H2,1-2H3/t18-/m1/s1. The number of fused-ring (bicyclic) bond motifs is 3. The molecule has 94 valence electrons. The highest BCUT2D eigenvalue weighted by atomic mass is 32.2. The SMILES string of the molecule is COn1c2c(c3ccccc31)CN=C([S@@](C)=O)S2. The van der Waals surface area contributed by atoms with E-state index in [0.717, 1.165) is 21.5 Å². The smallest absolute Gasteiger partial charge is 0.162 e. The third-order valence-corrected chi connectivity index (χ3v) is 5.35. The van der Waals surface area contributed by atoms with Crippen molar-refractivity contribution in [3.8, 4) is 0 Å². The van der Waals surface area contributed by atoms with Crippen molar-refractivity contribution in [2.75, 3.05) is 13.4 Å². The molecule has 0 fully saturated rings. The Labute approximate surface area is 111 Å². The first-order valence-corrected chi connectivity index (χ1v) is 7.82. The Morgan fingerprint density at radius 3 is 2.94 bits per heavy atom. The third-order valence-electron chi connectivity index (χ3n) is 2.87. The number of thioether (sulfide) groups is 1. The van der Waals surface area contributed by atoms with E-state index < -0.39 is 10.8 Å². The number of aromatic nitrogens is 1. The lowest BCUT2D eigenvalue weighted by atomic mass is 10.2. The summed E-state index contributed by atoms with van der Waals surface area (Å²) in [5.41, 5.74) is 2.17. The molecule has 1 aliphatic heterocycles. The van der Waals surface area contributed by atoms with Crippen molar-refractivity contribution < 1.29 is 9.05 Å². The zero-order chi connectivity index (χ0) is 12.7. The molecule has 0 amide bonds. The molecule has 1 aromatic carbocycles. The topological polar surface area (TPSA) is 43.6 Å². The Kier molecular flexibility index (Phi) is 2.91. The van der Waals surface area contributed by atoms with Gasteiger partial charge in [0.05, 0.1) is 22.9 Å². The number of benzene rings is 1. The van der Waals surface area contributed by atoms with E-state index in [1.807, 2.05) is 18.2 Å². The van der Waals surface area contributed by atoms with Gasteiger partial charge in [0.25, 0.3) is 0 Å². The molecule has 1 aliphatic rings. The fraction of sp³-hybridized carbons (Fsp3) is 0.250. The molecule has 0 radical (unpaired) electrons. The number of aliphatic imine (C=N–C) groups is 1. The summed E-state index contributed by atoms with van der Waals surface area (Å²) in [6, 6.07) is 8.06. The second-order valence-electron chi connectivity index (χ2n) is 3.92. The van der Waals surface area contributed by atoms with Crippen molar-refractivity contribution in [2.45, 2.75) is 11.6 Å². The van der Waals surface area contributed by atoms with Gasteiger partial charge in [-0.2, -0.15) is 4.73 Å². The van der Waals surface area contributed by atoms with E-state index in [1.54, 1.807) is 18.1 Å². The Bertz CT molecular complexity index is 676. The van der Waals surface area contributed by atoms with Gasteiger partial charge in [-0.25, -0.2) is 0 Å². The largest absolute Gasteiger partial charge is 0.416 e. The minimum atomic E-state index is -1.05. The van der Waals surface area contributed by atoms with Crippen LogP contribution in [0.3, 0.4) is 0 Å². The lowest BCUT2D eigenvalue weighted by Gasteiger charge is -2.13. The van der Waals surface area contributed by atoms with Crippen molar-refractivity contribution >= 4 is 37.8 Å². The molecular formula is C12H12N2O2S2. The van der Waals surface area contributed by atoms with E-state index in [1.165, 1.54) is 11.8 Å². The summed E-state index contributed by atoms with van der Waals surface area (Å²) >= 11 is 1.43. The molecule has 2 heterocycles. The van der Waals surface area contributed by atoms with Crippen molar-refractivity contribution in [2.24, 2.45) is 4.99 Å². The van der Waals surface area contributed by atoms with Crippen molar-refractivity contribution in [3.05, 3.63) is 29.8 Å². The number of para-hydroxylation sites is 1. The van der Waals surface area contributed by atoms with Gasteiger partial charge in [-0.3, -0.25) is 9.20 Å². The zero-order valence-corrected chi connectivity index (χ0v) is 11.7. The van der Waals surface area contributed by atoms with Crippen LogP contribution in [0.4, 0.5) is 0 Å². The lowest BCUT2D eigenvalue weighted by molar-refractivity contribution is 0.158. The van der Waals surface area contributed by atoms with Gasteiger partial charge < -0.3 is 4.84 Å². The van der Waals surface area contributed by atoms with Crippen molar-refractivity contribution in [1.29, 1.82) is 0 Å². The quantitative estimate of drug-likeness (QED) is 0.803. The van der Waals surface area contributed by atoms with Crippen LogP contribution in [0.5, 0.6) is 0 Å². The number of rotatable bonds is 1. The van der Waals surface area contributed by atoms with Gasteiger partial charge in [-0.05, 0) is 17.8 Å². The highest BCUT2D eigenvalue weighted by molar-refractivity contribution is 8.33. The number of hydrogen-bond acceptors (Lipinski definition) is 4. The molecule has 3 rings (SSSR count). The van der Waals surface area contributed by atoms with Crippen molar-refractivity contribution in [1.82, 2.24) is 4.73 Å². The summed E-state index contributed by atoms with van der Waals surface area (Å²) < 4.78 is 14.0. The first kappa shape index (κ1) is 11.8. The Hall–Kier alpha value is -1.27. The Balaban J connectivity index is 2.22. The summed E-state index contributed by atoms with van der Waals surface area (Å²) in [6.45, 7) is 0.564. The zero-order valence-electron chi connectivity index (χ0n) is 10.0. The highest BCUT2D eigenvalue weighted by Gasteiger charge is 2.24. The molecule has 0 spiro atoms. The molecule has 1 aromatic heterocycles. The van der Waals surface area contributed by atoms with Crippen LogP contribution in [0, 0.1) is 0 Å². The summed E-state index contributed by atoms with van der Waals surface area (Å²) in [5.74, 6) is 0. The van der Waals surface area contributed by atoms with E-state index in [2.05, 4.69) is 11.1 Å². The minimum Gasteiger partial charge on any atom is -0.416 e. The van der Waals surface area contributed by atoms with E-state index >= 15 is 0 Å². The van der Waals surface area contributed by atoms with E-state index in [4.69, 9.17) is 4.84 Å². The summed E-state index contributed by atoms with van der Waals surface area (Å²) in [7, 11) is 0.593. The molecule has 0 saturated carbocycles. The average Bonchev–Trinajstić information content (AvgIpc) is 2.71. The fourth-order valence-corrected chi connectivity index (χ4v) is 3.90. The molecule has 1 atom stereocenters. The molecular weight excluding hydrogens is 268 g/mol. The van der Waals surface area contributed by atoms with Crippen LogP contribution >= 0.6 is 11.8 Å². The second-order valence-corrected chi connectivity index (χ2v) is 6.45. The van der Waals surface area contributed by atoms with Crippen LogP contribution in [0.1, 0.15) is 5.56 Å². The second kappa shape index (κ2) is 4.44. The fourth-order valence-electron chi connectivity index (χ4n) is 2.10. The van der Waals surface area contributed by atoms with Gasteiger partial charge in [0.15, 0.2) is 4.38 Å².